The predicted molar refractivity (Wildman–Crippen MR) is 67.4 cm³/mol. The Bertz CT molecular complexity index is 563. The number of anilines is 1. The summed E-state index contributed by atoms with van der Waals surface area (Å²) in [6.45, 7) is 5.60. The Hall–Kier alpha value is -2.24. The van der Waals surface area contributed by atoms with Crippen molar-refractivity contribution in [2.45, 2.75) is 20.8 Å². The minimum atomic E-state index is -0.302. The standard InChI is InChI=1S/C12H15N5O/c1-7-5-8(2)14-12(13-7)15-11(18)10-6-9(3)17(4)16-10/h5-6H,1-4H3,(H,13,14,15,18). The Morgan fingerprint density at radius 1 is 1.17 bits per heavy atom. The molecule has 0 saturated heterocycles. The summed E-state index contributed by atoms with van der Waals surface area (Å²) in [5.41, 5.74) is 2.91. The van der Waals surface area contributed by atoms with E-state index in [1.807, 2.05) is 26.8 Å². The van der Waals surface area contributed by atoms with Crippen LogP contribution in [0.2, 0.25) is 0 Å². The molecule has 2 rings (SSSR count). The highest BCUT2D eigenvalue weighted by Crippen LogP contribution is 2.07. The first-order valence-corrected chi connectivity index (χ1v) is 5.60. The molecule has 0 radical (unpaired) electrons. The highest BCUT2D eigenvalue weighted by molar-refractivity contribution is 6.01. The first kappa shape index (κ1) is 12.2. The van der Waals surface area contributed by atoms with Crippen LogP contribution in [0.15, 0.2) is 12.1 Å². The molecule has 0 spiro atoms. The van der Waals surface area contributed by atoms with Crippen molar-refractivity contribution in [2.24, 2.45) is 7.05 Å². The van der Waals surface area contributed by atoms with Crippen LogP contribution in [0.1, 0.15) is 27.6 Å². The third-order valence-corrected chi connectivity index (χ3v) is 2.55. The van der Waals surface area contributed by atoms with E-state index in [-0.39, 0.29) is 5.91 Å². The second-order valence-corrected chi connectivity index (χ2v) is 4.22. The maximum atomic E-state index is 11.9. The van der Waals surface area contributed by atoms with Crippen molar-refractivity contribution in [3.63, 3.8) is 0 Å². The minimum absolute atomic E-state index is 0.302. The van der Waals surface area contributed by atoms with Crippen molar-refractivity contribution in [3.8, 4) is 0 Å². The number of nitrogens with zero attached hydrogens (tertiary/aromatic N) is 4. The number of aromatic nitrogens is 4. The fourth-order valence-corrected chi connectivity index (χ4v) is 1.62. The zero-order chi connectivity index (χ0) is 13.3. The van der Waals surface area contributed by atoms with Crippen LogP contribution in [0, 0.1) is 20.8 Å². The van der Waals surface area contributed by atoms with Crippen LogP contribution in [-0.4, -0.2) is 25.7 Å². The van der Waals surface area contributed by atoms with E-state index in [1.165, 1.54) is 0 Å². The number of carbonyl (C=O) groups is 1. The van der Waals surface area contributed by atoms with Gasteiger partial charge in [-0.2, -0.15) is 5.10 Å². The Labute approximate surface area is 105 Å². The second-order valence-electron chi connectivity index (χ2n) is 4.22. The molecule has 0 aliphatic carbocycles. The first-order chi connectivity index (χ1) is 8.45. The fourth-order valence-electron chi connectivity index (χ4n) is 1.62. The van der Waals surface area contributed by atoms with Crippen molar-refractivity contribution in [2.75, 3.05) is 5.32 Å². The van der Waals surface area contributed by atoms with Gasteiger partial charge >= 0.3 is 0 Å². The van der Waals surface area contributed by atoms with Crippen LogP contribution in [-0.2, 0) is 7.05 Å². The van der Waals surface area contributed by atoms with Crippen molar-refractivity contribution >= 4 is 11.9 Å². The summed E-state index contributed by atoms with van der Waals surface area (Å²) in [5.74, 6) is 0.00417. The molecule has 0 aliphatic rings. The van der Waals surface area contributed by atoms with Gasteiger partial charge < -0.3 is 0 Å². The van der Waals surface area contributed by atoms with E-state index in [2.05, 4.69) is 20.4 Å². The molecule has 0 unspecified atom stereocenters. The molecule has 2 aromatic rings. The molecule has 1 amide bonds. The SMILES string of the molecule is Cc1cc(C)nc(NC(=O)c2cc(C)n(C)n2)n1. The Morgan fingerprint density at radius 3 is 2.28 bits per heavy atom. The van der Waals surface area contributed by atoms with Gasteiger partial charge in [-0.15, -0.1) is 0 Å². The summed E-state index contributed by atoms with van der Waals surface area (Å²) in [5, 5.41) is 6.74. The topological polar surface area (TPSA) is 72.7 Å². The van der Waals surface area contributed by atoms with Gasteiger partial charge in [0.2, 0.25) is 5.95 Å². The lowest BCUT2D eigenvalue weighted by molar-refractivity contribution is 0.102. The van der Waals surface area contributed by atoms with Gasteiger partial charge in [0, 0.05) is 24.1 Å². The summed E-state index contributed by atoms with van der Waals surface area (Å²) in [7, 11) is 1.79. The van der Waals surface area contributed by atoms with E-state index < -0.39 is 0 Å². The number of hydrogen-bond donors (Lipinski definition) is 1. The molecule has 6 nitrogen and oxygen atoms in total. The maximum absolute atomic E-state index is 11.9. The minimum Gasteiger partial charge on any atom is -0.289 e. The lowest BCUT2D eigenvalue weighted by Crippen LogP contribution is -2.15. The van der Waals surface area contributed by atoms with E-state index in [9.17, 15) is 4.79 Å². The van der Waals surface area contributed by atoms with Crippen molar-refractivity contribution < 1.29 is 4.79 Å². The molecule has 2 aromatic heterocycles. The third kappa shape index (κ3) is 2.53. The quantitative estimate of drug-likeness (QED) is 0.867. The Morgan fingerprint density at radius 2 is 1.78 bits per heavy atom. The van der Waals surface area contributed by atoms with Crippen molar-refractivity contribution in [3.05, 3.63) is 34.9 Å². The third-order valence-electron chi connectivity index (χ3n) is 2.55. The molecule has 0 bridgehead atoms. The number of aryl methyl sites for hydroxylation is 4. The molecule has 6 heteroatoms. The lowest BCUT2D eigenvalue weighted by Gasteiger charge is -2.03. The number of hydrogen-bond acceptors (Lipinski definition) is 4. The van der Waals surface area contributed by atoms with Crippen LogP contribution >= 0.6 is 0 Å². The molecule has 0 fully saturated rings. The van der Waals surface area contributed by atoms with Crippen molar-refractivity contribution in [1.29, 1.82) is 0 Å². The van der Waals surface area contributed by atoms with Gasteiger partial charge in [-0.3, -0.25) is 14.8 Å². The molecule has 0 aromatic carbocycles. The fraction of sp³-hybridized carbons (Fsp3) is 0.333. The van der Waals surface area contributed by atoms with Crippen LogP contribution in [0.3, 0.4) is 0 Å². The number of rotatable bonds is 2. The number of nitrogens with one attached hydrogen (secondary N) is 1. The van der Waals surface area contributed by atoms with Crippen LogP contribution < -0.4 is 5.32 Å². The summed E-state index contributed by atoms with van der Waals surface area (Å²) in [6, 6.07) is 3.57. The Kier molecular flexibility index (Phi) is 3.10. The van der Waals surface area contributed by atoms with Gasteiger partial charge in [0.1, 0.15) is 0 Å². The highest BCUT2D eigenvalue weighted by atomic mass is 16.2. The maximum Gasteiger partial charge on any atom is 0.278 e. The predicted octanol–water partition coefficient (Wildman–Crippen LogP) is 1.39. The average Bonchev–Trinajstić information content (AvgIpc) is 2.57. The summed E-state index contributed by atoms with van der Waals surface area (Å²) >= 11 is 0. The molecule has 94 valence electrons. The van der Waals surface area contributed by atoms with E-state index in [1.54, 1.807) is 17.8 Å². The highest BCUT2D eigenvalue weighted by Gasteiger charge is 2.12. The van der Waals surface area contributed by atoms with Crippen molar-refractivity contribution in [1.82, 2.24) is 19.7 Å². The van der Waals surface area contributed by atoms with Gasteiger partial charge in [0.05, 0.1) is 0 Å². The molecule has 2 heterocycles. The second kappa shape index (κ2) is 4.56. The average molecular weight is 245 g/mol. The smallest absolute Gasteiger partial charge is 0.278 e. The number of carbonyl (C=O) groups excluding carboxylic acids is 1. The van der Waals surface area contributed by atoms with E-state index in [4.69, 9.17) is 0 Å². The van der Waals surface area contributed by atoms with Crippen LogP contribution in [0.4, 0.5) is 5.95 Å². The zero-order valence-corrected chi connectivity index (χ0v) is 10.9. The first-order valence-electron chi connectivity index (χ1n) is 5.60. The van der Waals surface area contributed by atoms with Crippen LogP contribution in [0.5, 0.6) is 0 Å². The summed E-state index contributed by atoms with van der Waals surface area (Å²) < 4.78 is 1.65. The van der Waals surface area contributed by atoms with Gasteiger partial charge in [0.25, 0.3) is 5.91 Å². The largest absolute Gasteiger partial charge is 0.289 e. The van der Waals surface area contributed by atoms with E-state index in [0.29, 0.717) is 11.6 Å². The Balaban J connectivity index is 2.21. The summed E-state index contributed by atoms with van der Waals surface area (Å²) in [4.78, 5) is 20.2. The molecular weight excluding hydrogens is 230 g/mol. The normalized spacial score (nSPS) is 10.4. The number of amides is 1. The van der Waals surface area contributed by atoms with E-state index in [0.717, 1.165) is 17.1 Å². The molecule has 18 heavy (non-hydrogen) atoms. The zero-order valence-electron chi connectivity index (χ0n) is 10.9. The van der Waals surface area contributed by atoms with E-state index >= 15 is 0 Å². The van der Waals surface area contributed by atoms with Gasteiger partial charge in [0.15, 0.2) is 5.69 Å². The molecule has 0 aliphatic heterocycles. The molecule has 1 N–H and O–H groups in total. The van der Waals surface area contributed by atoms with Gasteiger partial charge in [-0.1, -0.05) is 0 Å². The molecule has 0 atom stereocenters. The van der Waals surface area contributed by atoms with Crippen LogP contribution in [0.25, 0.3) is 0 Å². The lowest BCUT2D eigenvalue weighted by atomic mass is 10.3. The monoisotopic (exact) mass is 245 g/mol. The van der Waals surface area contributed by atoms with Gasteiger partial charge in [-0.25, -0.2) is 9.97 Å². The van der Waals surface area contributed by atoms with Gasteiger partial charge in [-0.05, 0) is 32.9 Å². The molecule has 0 saturated carbocycles. The molecular formula is C12H15N5O. The summed E-state index contributed by atoms with van der Waals surface area (Å²) in [6.07, 6.45) is 0.